The number of hydrogen-bond donors (Lipinski definition) is 2. The Labute approximate surface area is 147 Å². The van der Waals surface area contributed by atoms with Crippen molar-refractivity contribution in [3.8, 4) is 0 Å². The molecule has 0 aliphatic rings. The molecular weight excluding hydrogens is 367 g/mol. The van der Waals surface area contributed by atoms with E-state index in [2.05, 4.69) is 9.71 Å². The maximum absolute atomic E-state index is 12.6. The van der Waals surface area contributed by atoms with Gasteiger partial charge in [0.25, 0.3) is 10.0 Å². The molecule has 0 aliphatic heterocycles. The maximum atomic E-state index is 12.6. The molecule has 0 fully saturated rings. The number of nitrogens with one attached hydrogen (secondary N) is 1. The largest absolute Gasteiger partial charge is 0.416 e. The maximum Gasteiger partial charge on any atom is 0.416 e. The van der Waals surface area contributed by atoms with E-state index >= 15 is 0 Å². The second-order valence-corrected chi connectivity index (χ2v) is 7.19. The van der Waals surface area contributed by atoms with Gasteiger partial charge in [0.15, 0.2) is 0 Å². The predicted octanol–water partition coefficient (Wildman–Crippen LogP) is 3.51. The highest BCUT2D eigenvalue weighted by Gasteiger charge is 2.30. The monoisotopic (exact) mass is 381 g/mol. The van der Waals surface area contributed by atoms with Crippen LogP contribution in [0.25, 0.3) is 10.9 Å². The molecule has 3 N–H and O–H groups in total. The Morgan fingerprint density at radius 1 is 1.00 bits per heavy atom. The number of hydrogen-bond acceptors (Lipinski definition) is 4. The number of nitrogens with zero attached hydrogens (tertiary/aromatic N) is 1. The lowest BCUT2D eigenvalue weighted by Gasteiger charge is -2.12. The first-order valence-corrected chi connectivity index (χ1v) is 8.98. The number of rotatable bonds is 4. The van der Waals surface area contributed by atoms with Crippen molar-refractivity contribution in [3.63, 3.8) is 0 Å². The SMILES string of the molecule is NCc1ccc2cccc(NS(=O)(=O)c3ccc(C(F)(F)F)cc3)c2n1. The second-order valence-electron chi connectivity index (χ2n) is 5.51. The quantitative estimate of drug-likeness (QED) is 0.724. The van der Waals surface area contributed by atoms with Gasteiger partial charge in [-0.25, -0.2) is 13.4 Å². The van der Waals surface area contributed by atoms with E-state index in [1.807, 2.05) is 0 Å². The standard InChI is InChI=1S/C17H14F3N3O2S/c18-17(19,20)12-5-8-14(9-6-12)26(24,25)23-15-3-1-2-11-4-7-13(10-21)22-16(11)15/h1-9,23H,10,21H2. The van der Waals surface area contributed by atoms with E-state index in [4.69, 9.17) is 5.73 Å². The summed E-state index contributed by atoms with van der Waals surface area (Å²) >= 11 is 0. The van der Waals surface area contributed by atoms with Crippen molar-refractivity contribution in [2.75, 3.05) is 4.72 Å². The van der Waals surface area contributed by atoms with Crippen LogP contribution >= 0.6 is 0 Å². The fraction of sp³-hybridized carbons (Fsp3) is 0.118. The summed E-state index contributed by atoms with van der Waals surface area (Å²) < 4.78 is 65.3. The minimum atomic E-state index is -4.53. The van der Waals surface area contributed by atoms with Crippen molar-refractivity contribution < 1.29 is 21.6 Å². The first kappa shape index (κ1) is 18.2. The Morgan fingerprint density at radius 3 is 2.31 bits per heavy atom. The van der Waals surface area contributed by atoms with E-state index < -0.39 is 21.8 Å². The molecule has 1 aromatic heterocycles. The number of pyridine rings is 1. The molecule has 0 spiro atoms. The molecule has 5 nitrogen and oxygen atoms in total. The van der Waals surface area contributed by atoms with Crippen molar-refractivity contribution in [1.82, 2.24) is 4.98 Å². The molecule has 1 heterocycles. The predicted molar refractivity (Wildman–Crippen MR) is 91.9 cm³/mol. The number of halogens is 3. The van der Waals surface area contributed by atoms with Gasteiger partial charge in [-0.3, -0.25) is 4.72 Å². The first-order valence-electron chi connectivity index (χ1n) is 7.49. The smallest absolute Gasteiger partial charge is 0.325 e. The highest BCUT2D eigenvalue weighted by molar-refractivity contribution is 7.92. The molecule has 0 unspecified atom stereocenters. The number of alkyl halides is 3. The zero-order valence-electron chi connectivity index (χ0n) is 13.3. The number of para-hydroxylation sites is 1. The Kier molecular flexibility index (Phi) is 4.59. The van der Waals surface area contributed by atoms with Crippen molar-refractivity contribution >= 4 is 26.6 Å². The molecular formula is C17H14F3N3O2S. The van der Waals surface area contributed by atoms with Crippen LogP contribution in [0.3, 0.4) is 0 Å². The van der Waals surface area contributed by atoms with Gasteiger partial charge in [0, 0.05) is 11.9 Å². The summed E-state index contributed by atoms with van der Waals surface area (Å²) in [6, 6.07) is 11.7. The van der Waals surface area contributed by atoms with Gasteiger partial charge < -0.3 is 5.73 Å². The molecule has 2 aromatic carbocycles. The van der Waals surface area contributed by atoms with Gasteiger partial charge in [0.2, 0.25) is 0 Å². The number of sulfonamides is 1. The lowest BCUT2D eigenvalue weighted by atomic mass is 10.2. The average molecular weight is 381 g/mol. The van der Waals surface area contributed by atoms with Crippen molar-refractivity contribution in [1.29, 1.82) is 0 Å². The minimum absolute atomic E-state index is 0.190. The average Bonchev–Trinajstić information content (AvgIpc) is 2.61. The van der Waals surface area contributed by atoms with Crippen molar-refractivity contribution in [2.24, 2.45) is 5.73 Å². The third kappa shape index (κ3) is 3.63. The topological polar surface area (TPSA) is 85.1 Å². The summed E-state index contributed by atoms with van der Waals surface area (Å²) in [6.07, 6.45) is -4.53. The number of benzene rings is 2. The summed E-state index contributed by atoms with van der Waals surface area (Å²) in [5, 5.41) is 0.704. The molecule has 0 saturated carbocycles. The van der Waals surface area contributed by atoms with Crippen LogP contribution in [-0.4, -0.2) is 13.4 Å². The summed E-state index contributed by atoms with van der Waals surface area (Å²) in [4.78, 5) is 4.04. The molecule has 0 aliphatic carbocycles. The second kappa shape index (κ2) is 6.58. The van der Waals surface area contributed by atoms with Crippen LogP contribution in [0.4, 0.5) is 18.9 Å². The zero-order valence-corrected chi connectivity index (χ0v) is 14.1. The summed E-state index contributed by atoms with van der Waals surface area (Å²) in [5.41, 5.74) is 5.86. The molecule has 26 heavy (non-hydrogen) atoms. The van der Waals surface area contributed by atoms with Crippen LogP contribution < -0.4 is 10.5 Å². The van der Waals surface area contributed by atoms with E-state index in [1.165, 1.54) is 6.07 Å². The normalized spacial score (nSPS) is 12.3. The summed E-state index contributed by atoms with van der Waals surface area (Å²) in [6.45, 7) is 0.190. The molecule has 0 saturated heterocycles. The van der Waals surface area contributed by atoms with Gasteiger partial charge in [0.05, 0.1) is 27.4 Å². The fourth-order valence-electron chi connectivity index (χ4n) is 2.41. The molecule has 0 atom stereocenters. The van der Waals surface area contributed by atoms with Crippen molar-refractivity contribution in [2.45, 2.75) is 17.6 Å². The van der Waals surface area contributed by atoms with E-state index in [1.54, 1.807) is 24.3 Å². The molecule has 0 amide bonds. The summed E-state index contributed by atoms with van der Waals surface area (Å²) in [5.74, 6) is 0. The summed E-state index contributed by atoms with van der Waals surface area (Å²) in [7, 11) is -4.08. The van der Waals surface area contributed by atoms with Crippen LogP contribution in [0.2, 0.25) is 0 Å². The van der Waals surface area contributed by atoms with E-state index in [0.29, 0.717) is 16.6 Å². The molecule has 136 valence electrons. The fourth-order valence-corrected chi connectivity index (χ4v) is 3.48. The van der Waals surface area contributed by atoms with Gasteiger partial charge in [-0.05, 0) is 36.4 Å². The zero-order chi connectivity index (χ0) is 18.9. The van der Waals surface area contributed by atoms with Crippen molar-refractivity contribution in [3.05, 3.63) is 65.9 Å². The molecule has 9 heteroatoms. The molecule has 0 bridgehead atoms. The molecule has 3 aromatic rings. The first-order chi connectivity index (χ1) is 12.2. The van der Waals surface area contributed by atoms with Gasteiger partial charge in [-0.2, -0.15) is 13.2 Å². The molecule has 0 radical (unpaired) electrons. The number of aromatic nitrogens is 1. The highest BCUT2D eigenvalue weighted by atomic mass is 32.2. The van der Waals surface area contributed by atoms with Gasteiger partial charge >= 0.3 is 6.18 Å². The molecule has 3 rings (SSSR count). The van der Waals surface area contributed by atoms with Crippen LogP contribution in [0.1, 0.15) is 11.3 Å². The van der Waals surface area contributed by atoms with Gasteiger partial charge in [-0.1, -0.05) is 18.2 Å². The Hall–Kier alpha value is -2.65. The number of fused-ring (bicyclic) bond motifs is 1. The van der Waals surface area contributed by atoms with E-state index in [9.17, 15) is 21.6 Å². The third-order valence-electron chi connectivity index (χ3n) is 3.72. The number of anilines is 1. The van der Waals surface area contributed by atoms with E-state index in [0.717, 1.165) is 24.3 Å². The van der Waals surface area contributed by atoms with Gasteiger partial charge in [-0.15, -0.1) is 0 Å². The third-order valence-corrected chi connectivity index (χ3v) is 5.10. The Bertz CT molecular complexity index is 1050. The van der Waals surface area contributed by atoms with E-state index in [-0.39, 0.29) is 17.1 Å². The number of nitrogens with two attached hydrogens (primary N) is 1. The Morgan fingerprint density at radius 2 is 1.69 bits per heavy atom. The van der Waals surface area contributed by atoms with Crippen LogP contribution in [0.5, 0.6) is 0 Å². The lowest BCUT2D eigenvalue weighted by molar-refractivity contribution is -0.137. The lowest BCUT2D eigenvalue weighted by Crippen LogP contribution is -2.14. The van der Waals surface area contributed by atoms with Crippen LogP contribution in [0.15, 0.2) is 59.5 Å². The highest BCUT2D eigenvalue weighted by Crippen LogP contribution is 2.30. The minimum Gasteiger partial charge on any atom is -0.325 e. The Balaban J connectivity index is 1.98. The van der Waals surface area contributed by atoms with Crippen LogP contribution in [0, 0.1) is 0 Å². The van der Waals surface area contributed by atoms with Gasteiger partial charge in [0.1, 0.15) is 0 Å². The van der Waals surface area contributed by atoms with Crippen LogP contribution in [-0.2, 0) is 22.7 Å².